The second kappa shape index (κ2) is 8.23. The fourth-order valence-corrected chi connectivity index (χ4v) is 4.53. The molecule has 0 bridgehead atoms. The molecule has 0 amide bonds. The van der Waals surface area contributed by atoms with E-state index in [0.29, 0.717) is 12.4 Å². The van der Waals surface area contributed by atoms with Crippen molar-refractivity contribution in [3.05, 3.63) is 75.7 Å². The van der Waals surface area contributed by atoms with Crippen molar-refractivity contribution in [3.8, 4) is 5.75 Å². The highest BCUT2D eigenvalue weighted by atomic mass is 32.2. The standard InChI is InChI=1S/C21H24N2O3S/c1-16-15-27-21(23(16)13-17-6-3-2-4-7-17)22-10-9-18(12-20(22)24)26-14-19-8-5-11-25-19/h2-4,6-7,9-10,12,15,19,21H,5,8,11,13-14H2,1H3. The Balaban J connectivity index is 1.47. The number of hydrogen-bond acceptors (Lipinski definition) is 5. The van der Waals surface area contributed by atoms with E-state index in [1.165, 1.54) is 11.3 Å². The SMILES string of the molecule is CC1=CSC(n2ccc(OCC3CCCO3)cc2=O)N1Cc1ccccc1. The quantitative estimate of drug-likeness (QED) is 0.754. The Kier molecular flexibility index (Phi) is 5.55. The second-order valence-electron chi connectivity index (χ2n) is 6.89. The molecule has 0 radical (unpaired) electrons. The van der Waals surface area contributed by atoms with E-state index in [9.17, 15) is 4.79 Å². The first kappa shape index (κ1) is 18.2. The summed E-state index contributed by atoms with van der Waals surface area (Å²) in [5.41, 5.74) is 2.25. The van der Waals surface area contributed by atoms with Crippen LogP contribution in [-0.4, -0.2) is 28.8 Å². The summed E-state index contributed by atoms with van der Waals surface area (Å²) in [4.78, 5) is 15.0. The van der Waals surface area contributed by atoms with Crippen LogP contribution in [0.1, 0.15) is 30.8 Å². The van der Waals surface area contributed by atoms with Gasteiger partial charge in [0.25, 0.3) is 5.56 Å². The average Bonchev–Trinajstić information content (AvgIpc) is 3.32. The maximum absolute atomic E-state index is 12.7. The van der Waals surface area contributed by atoms with Gasteiger partial charge < -0.3 is 14.4 Å². The van der Waals surface area contributed by atoms with E-state index in [-0.39, 0.29) is 17.2 Å². The zero-order valence-corrected chi connectivity index (χ0v) is 16.2. The Morgan fingerprint density at radius 3 is 2.85 bits per heavy atom. The lowest BCUT2D eigenvalue weighted by Crippen LogP contribution is -2.32. The summed E-state index contributed by atoms with van der Waals surface area (Å²) in [6, 6.07) is 13.8. The third-order valence-electron chi connectivity index (χ3n) is 4.89. The Morgan fingerprint density at radius 2 is 2.11 bits per heavy atom. The highest BCUT2D eigenvalue weighted by Gasteiger charge is 2.27. The number of hydrogen-bond donors (Lipinski definition) is 0. The molecule has 2 atom stereocenters. The van der Waals surface area contributed by atoms with Gasteiger partial charge in [-0.25, -0.2) is 0 Å². The molecule has 2 aliphatic heterocycles. The van der Waals surface area contributed by atoms with Crippen molar-refractivity contribution in [3.63, 3.8) is 0 Å². The molecule has 0 saturated carbocycles. The smallest absolute Gasteiger partial charge is 0.256 e. The number of aromatic nitrogens is 1. The lowest BCUT2D eigenvalue weighted by atomic mass is 10.2. The molecule has 27 heavy (non-hydrogen) atoms. The molecule has 1 aromatic carbocycles. The van der Waals surface area contributed by atoms with Crippen LogP contribution in [0, 0.1) is 0 Å². The van der Waals surface area contributed by atoms with Crippen molar-refractivity contribution in [2.45, 2.75) is 37.9 Å². The first-order chi connectivity index (χ1) is 13.2. The van der Waals surface area contributed by atoms with Gasteiger partial charge in [0.05, 0.1) is 6.10 Å². The number of rotatable bonds is 6. The number of benzene rings is 1. The number of thioether (sulfide) groups is 1. The van der Waals surface area contributed by atoms with Crippen LogP contribution in [0.2, 0.25) is 0 Å². The zero-order valence-electron chi connectivity index (χ0n) is 15.4. The molecule has 0 aliphatic carbocycles. The largest absolute Gasteiger partial charge is 0.491 e. The molecule has 2 aromatic rings. The Morgan fingerprint density at radius 1 is 1.26 bits per heavy atom. The maximum Gasteiger partial charge on any atom is 0.256 e. The fraction of sp³-hybridized carbons (Fsp3) is 0.381. The summed E-state index contributed by atoms with van der Waals surface area (Å²) in [7, 11) is 0. The molecule has 1 saturated heterocycles. The third kappa shape index (κ3) is 4.22. The molecule has 1 fully saturated rings. The van der Waals surface area contributed by atoms with E-state index in [2.05, 4.69) is 29.4 Å². The molecular formula is C21H24N2O3S. The fourth-order valence-electron chi connectivity index (χ4n) is 3.38. The van der Waals surface area contributed by atoms with Crippen LogP contribution < -0.4 is 10.3 Å². The topological polar surface area (TPSA) is 43.7 Å². The van der Waals surface area contributed by atoms with Crippen LogP contribution in [0.15, 0.2) is 64.6 Å². The molecule has 0 N–H and O–H groups in total. The molecule has 3 heterocycles. The van der Waals surface area contributed by atoms with Gasteiger partial charge in [-0.1, -0.05) is 42.1 Å². The predicted octanol–water partition coefficient (Wildman–Crippen LogP) is 3.97. The van der Waals surface area contributed by atoms with Gasteiger partial charge in [0, 0.05) is 31.1 Å². The van der Waals surface area contributed by atoms with Gasteiger partial charge in [-0.15, -0.1) is 0 Å². The maximum atomic E-state index is 12.7. The number of nitrogens with zero attached hydrogens (tertiary/aromatic N) is 2. The summed E-state index contributed by atoms with van der Waals surface area (Å²) in [6.07, 6.45) is 4.08. The van der Waals surface area contributed by atoms with E-state index >= 15 is 0 Å². The van der Waals surface area contributed by atoms with E-state index in [0.717, 1.165) is 26.0 Å². The van der Waals surface area contributed by atoms with Gasteiger partial charge in [-0.05, 0) is 36.8 Å². The van der Waals surface area contributed by atoms with Gasteiger partial charge in [0.1, 0.15) is 12.4 Å². The van der Waals surface area contributed by atoms with Crippen molar-refractivity contribution in [2.24, 2.45) is 0 Å². The molecule has 5 nitrogen and oxygen atoms in total. The first-order valence-electron chi connectivity index (χ1n) is 9.30. The molecule has 0 spiro atoms. The summed E-state index contributed by atoms with van der Waals surface area (Å²) >= 11 is 1.65. The molecule has 4 rings (SSSR count). The van der Waals surface area contributed by atoms with Gasteiger partial charge in [0.2, 0.25) is 0 Å². The normalized spacial score (nSPS) is 22.1. The molecule has 2 unspecified atom stereocenters. The van der Waals surface area contributed by atoms with E-state index in [1.807, 2.05) is 30.5 Å². The lowest BCUT2D eigenvalue weighted by Gasteiger charge is -2.29. The van der Waals surface area contributed by atoms with E-state index in [4.69, 9.17) is 9.47 Å². The van der Waals surface area contributed by atoms with Gasteiger partial charge >= 0.3 is 0 Å². The van der Waals surface area contributed by atoms with Crippen molar-refractivity contribution in [1.29, 1.82) is 0 Å². The number of ether oxygens (including phenoxy) is 2. The summed E-state index contributed by atoms with van der Waals surface area (Å²) in [6.45, 7) is 4.16. The highest BCUT2D eigenvalue weighted by molar-refractivity contribution is 8.02. The first-order valence-corrected chi connectivity index (χ1v) is 10.2. The van der Waals surface area contributed by atoms with Crippen molar-refractivity contribution in [2.75, 3.05) is 13.2 Å². The van der Waals surface area contributed by atoms with Crippen molar-refractivity contribution in [1.82, 2.24) is 9.47 Å². The van der Waals surface area contributed by atoms with Gasteiger partial charge in [0.15, 0.2) is 5.50 Å². The van der Waals surface area contributed by atoms with Gasteiger partial charge in [-0.3, -0.25) is 9.36 Å². The molecular weight excluding hydrogens is 360 g/mol. The van der Waals surface area contributed by atoms with Crippen molar-refractivity contribution < 1.29 is 9.47 Å². The minimum atomic E-state index is -0.0788. The molecule has 6 heteroatoms. The van der Waals surface area contributed by atoms with Crippen LogP contribution in [0.25, 0.3) is 0 Å². The predicted molar refractivity (Wildman–Crippen MR) is 108 cm³/mol. The van der Waals surface area contributed by atoms with E-state index in [1.54, 1.807) is 22.4 Å². The molecule has 2 aliphatic rings. The Labute approximate surface area is 163 Å². The van der Waals surface area contributed by atoms with Crippen LogP contribution in [0.3, 0.4) is 0 Å². The number of allylic oxidation sites excluding steroid dienone is 1. The van der Waals surface area contributed by atoms with Crippen molar-refractivity contribution >= 4 is 11.8 Å². The summed E-state index contributed by atoms with van der Waals surface area (Å²) < 4.78 is 13.1. The monoisotopic (exact) mass is 384 g/mol. The number of pyridine rings is 1. The minimum Gasteiger partial charge on any atom is -0.491 e. The zero-order chi connectivity index (χ0) is 18.6. The van der Waals surface area contributed by atoms with E-state index < -0.39 is 0 Å². The minimum absolute atomic E-state index is 0.0569. The lowest BCUT2D eigenvalue weighted by molar-refractivity contribution is 0.0678. The Hall–Kier alpha value is -2.18. The van der Waals surface area contributed by atoms with Crippen LogP contribution in [0.4, 0.5) is 0 Å². The Bertz CT molecular complexity index is 859. The van der Waals surface area contributed by atoms with Crippen LogP contribution >= 0.6 is 11.8 Å². The second-order valence-corrected chi connectivity index (χ2v) is 7.82. The van der Waals surface area contributed by atoms with Crippen LogP contribution in [-0.2, 0) is 11.3 Å². The molecule has 142 valence electrons. The third-order valence-corrected chi connectivity index (χ3v) is 6.10. The highest BCUT2D eigenvalue weighted by Crippen LogP contribution is 2.39. The molecule has 1 aromatic heterocycles. The van der Waals surface area contributed by atoms with Gasteiger partial charge in [-0.2, -0.15) is 0 Å². The summed E-state index contributed by atoms with van der Waals surface area (Å²) in [5.74, 6) is 0.606. The van der Waals surface area contributed by atoms with Crippen LogP contribution in [0.5, 0.6) is 5.75 Å². The average molecular weight is 385 g/mol. The summed E-state index contributed by atoms with van der Waals surface area (Å²) in [5, 5.41) is 2.11.